The van der Waals surface area contributed by atoms with Crippen LogP contribution < -0.4 is 20.4 Å². The Bertz CT molecular complexity index is 688. The molecule has 0 aromatic heterocycles. The lowest BCUT2D eigenvalue weighted by molar-refractivity contribution is -0.871. The van der Waals surface area contributed by atoms with Gasteiger partial charge < -0.3 is 15.0 Å². The van der Waals surface area contributed by atoms with Crippen LogP contribution in [-0.4, -0.2) is 55.1 Å². The third-order valence-corrected chi connectivity index (χ3v) is 5.11. The predicted molar refractivity (Wildman–Crippen MR) is 97.9 cm³/mol. The third-order valence-electron chi connectivity index (χ3n) is 5.11. The Hall–Kier alpha value is -2.61. The number of carbonyl (C=O) groups is 3. The summed E-state index contributed by atoms with van der Waals surface area (Å²) < 4.78 is 5.62. The van der Waals surface area contributed by atoms with E-state index in [-0.39, 0.29) is 18.4 Å². The fourth-order valence-corrected chi connectivity index (χ4v) is 3.60. The molecule has 2 fully saturated rings. The summed E-state index contributed by atoms with van der Waals surface area (Å²) in [6.07, 6.45) is 4.14. The number of carbonyl (C=O) groups excluding carboxylic acids is 3. The zero-order valence-electron chi connectivity index (χ0n) is 15.6. The van der Waals surface area contributed by atoms with Crippen LogP contribution in [0.15, 0.2) is 30.3 Å². The zero-order valence-corrected chi connectivity index (χ0v) is 15.6. The minimum absolute atomic E-state index is 0.141. The van der Waals surface area contributed by atoms with Crippen molar-refractivity contribution < 1.29 is 24.0 Å². The van der Waals surface area contributed by atoms with Crippen molar-refractivity contribution in [2.75, 3.05) is 26.7 Å². The second-order valence-corrected chi connectivity index (χ2v) is 7.29. The fourth-order valence-electron chi connectivity index (χ4n) is 3.60. The second kappa shape index (κ2) is 8.39. The molecule has 8 nitrogen and oxygen atoms in total. The van der Waals surface area contributed by atoms with Crippen molar-refractivity contribution in [1.29, 1.82) is 0 Å². The zero-order chi connectivity index (χ0) is 19.3. The molecule has 4 amide bonds. The van der Waals surface area contributed by atoms with E-state index in [1.807, 2.05) is 37.4 Å². The van der Waals surface area contributed by atoms with Gasteiger partial charge in [0.05, 0.1) is 7.05 Å². The Morgan fingerprint density at radius 1 is 1.22 bits per heavy atom. The van der Waals surface area contributed by atoms with E-state index in [0.29, 0.717) is 26.0 Å². The van der Waals surface area contributed by atoms with Crippen molar-refractivity contribution in [1.82, 2.24) is 15.8 Å². The molecule has 1 aliphatic heterocycles. The topological polar surface area (TPSA) is 92.2 Å². The number of imide groups is 1. The number of ether oxygens (including phenoxy) is 1. The molecule has 1 aromatic rings. The van der Waals surface area contributed by atoms with Crippen molar-refractivity contribution >= 4 is 17.8 Å². The molecule has 1 aromatic carbocycles. The van der Waals surface area contributed by atoms with Crippen LogP contribution in [0.25, 0.3) is 0 Å². The van der Waals surface area contributed by atoms with Gasteiger partial charge in [-0.05, 0) is 25.0 Å². The first kappa shape index (κ1) is 19.2. The monoisotopic (exact) mass is 375 g/mol. The van der Waals surface area contributed by atoms with E-state index in [2.05, 4.69) is 10.7 Å². The summed E-state index contributed by atoms with van der Waals surface area (Å²) in [5.74, 6) is 0.0704. The van der Waals surface area contributed by atoms with Crippen LogP contribution in [0.1, 0.15) is 32.1 Å². The maximum atomic E-state index is 12.6. The number of hydrogen-bond acceptors (Lipinski definition) is 4. The average molecular weight is 375 g/mol. The smallest absolute Gasteiger partial charge is 0.344 e. The van der Waals surface area contributed by atoms with Crippen LogP contribution in [-0.2, 0) is 9.59 Å². The van der Waals surface area contributed by atoms with Crippen molar-refractivity contribution in [2.24, 2.45) is 0 Å². The summed E-state index contributed by atoms with van der Waals surface area (Å²) >= 11 is 0. The number of urea groups is 1. The normalized spacial score (nSPS) is 19.7. The molecule has 1 spiro atoms. The molecule has 0 bridgehead atoms. The molecule has 1 atom stereocenters. The maximum Gasteiger partial charge on any atom is 0.344 e. The number of para-hydroxylation sites is 1. The summed E-state index contributed by atoms with van der Waals surface area (Å²) in [5.41, 5.74) is 1.63. The number of hydrogen-bond donors (Lipinski definition) is 3. The third kappa shape index (κ3) is 4.57. The van der Waals surface area contributed by atoms with E-state index in [0.717, 1.165) is 34.9 Å². The van der Waals surface area contributed by atoms with Gasteiger partial charge in [-0.3, -0.25) is 15.0 Å². The first-order valence-corrected chi connectivity index (χ1v) is 9.45. The highest BCUT2D eigenvalue weighted by Crippen LogP contribution is 2.32. The molecular formula is C19H27N4O4+. The van der Waals surface area contributed by atoms with Gasteiger partial charge in [0.1, 0.15) is 24.4 Å². The lowest BCUT2D eigenvalue weighted by atomic mass is 9.82. The molecule has 1 saturated heterocycles. The number of nitrogens with one attached hydrogen (secondary N) is 3. The van der Waals surface area contributed by atoms with Gasteiger partial charge in [-0.15, -0.1) is 0 Å². The SMILES string of the molecule is C[NH+](CCOc1ccccc1)CC(=O)NN1C(=O)NC2(CCCCC2)C1=O. The van der Waals surface area contributed by atoms with Gasteiger partial charge in [0, 0.05) is 0 Å². The molecule has 3 N–H and O–H groups in total. The Kier molecular flexibility index (Phi) is 5.95. The summed E-state index contributed by atoms with van der Waals surface area (Å²) in [6.45, 7) is 1.23. The molecule has 0 radical (unpaired) electrons. The second-order valence-electron chi connectivity index (χ2n) is 7.29. The van der Waals surface area contributed by atoms with Crippen molar-refractivity contribution in [3.8, 4) is 5.75 Å². The quantitative estimate of drug-likeness (QED) is 0.579. The Morgan fingerprint density at radius 3 is 2.63 bits per heavy atom. The Balaban J connectivity index is 1.44. The van der Waals surface area contributed by atoms with E-state index >= 15 is 0 Å². The summed E-state index contributed by atoms with van der Waals surface area (Å²) in [7, 11) is 1.86. The highest BCUT2D eigenvalue weighted by atomic mass is 16.5. The maximum absolute atomic E-state index is 12.6. The van der Waals surface area contributed by atoms with Crippen LogP contribution in [0.4, 0.5) is 4.79 Å². The number of rotatable bonds is 7. The Morgan fingerprint density at radius 2 is 1.93 bits per heavy atom. The Labute approximate surface area is 158 Å². The van der Waals surface area contributed by atoms with Gasteiger partial charge in [-0.2, -0.15) is 5.01 Å². The number of nitrogens with zero attached hydrogens (tertiary/aromatic N) is 1. The summed E-state index contributed by atoms with van der Waals surface area (Å²) in [4.78, 5) is 38.0. The van der Waals surface area contributed by atoms with E-state index in [1.54, 1.807) is 0 Å². The number of benzene rings is 1. The van der Waals surface area contributed by atoms with Gasteiger partial charge in [-0.25, -0.2) is 4.79 Å². The average Bonchev–Trinajstić information content (AvgIpc) is 2.87. The summed E-state index contributed by atoms with van der Waals surface area (Å²) in [5, 5.41) is 3.62. The van der Waals surface area contributed by atoms with Gasteiger partial charge >= 0.3 is 6.03 Å². The van der Waals surface area contributed by atoms with Crippen LogP contribution in [0, 0.1) is 0 Å². The minimum atomic E-state index is -0.828. The molecule has 1 saturated carbocycles. The molecular weight excluding hydrogens is 348 g/mol. The van der Waals surface area contributed by atoms with E-state index in [4.69, 9.17) is 4.74 Å². The first-order chi connectivity index (χ1) is 13.0. The summed E-state index contributed by atoms with van der Waals surface area (Å²) in [6, 6.07) is 8.93. The fraction of sp³-hybridized carbons (Fsp3) is 0.526. The van der Waals surface area contributed by atoms with E-state index < -0.39 is 11.6 Å². The number of likely N-dealkylation sites (N-methyl/N-ethyl adjacent to an activating group) is 1. The van der Waals surface area contributed by atoms with Crippen molar-refractivity contribution in [2.45, 2.75) is 37.6 Å². The molecule has 146 valence electrons. The molecule has 8 heteroatoms. The molecule has 2 aliphatic rings. The molecule has 3 rings (SSSR count). The molecule has 1 unspecified atom stereocenters. The molecule has 1 aliphatic carbocycles. The van der Waals surface area contributed by atoms with Crippen molar-refractivity contribution in [3.63, 3.8) is 0 Å². The minimum Gasteiger partial charge on any atom is -0.488 e. The largest absolute Gasteiger partial charge is 0.488 e. The van der Waals surface area contributed by atoms with Crippen LogP contribution >= 0.6 is 0 Å². The highest BCUT2D eigenvalue weighted by molar-refractivity contribution is 6.08. The van der Waals surface area contributed by atoms with E-state index in [9.17, 15) is 14.4 Å². The molecule has 27 heavy (non-hydrogen) atoms. The predicted octanol–water partition coefficient (Wildman–Crippen LogP) is -0.134. The lowest BCUT2D eigenvalue weighted by Gasteiger charge is -2.30. The van der Waals surface area contributed by atoms with Gasteiger partial charge in [0.15, 0.2) is 6.54 Å². The van der Waals surface area contributed by atoms with Gasteiger partial charge in [0.25, 0.3) is 11.8 Å². The first-order valence-electron chi connectivity index (χ1n) is 9.45. The molecule has 1 heterocycles. The standard InChI is InChI=1S/C19H26N4O4/c1-22(12-13-27-15-8-4-2-5-9-15)14-16(24)21-23-17(25)19(20-18(23)26)10-6-3-7-11-19/h2,4-5,8-9H,3,6-7,10-14H2,1H3,(H,20,26)(H,21,24)/p+1. The van der Waals surface area contributed by atoms with Crippen LogP contribution in [0.5, 0.6) is 5.75 Å². The number of quaternary nitrogens is 1. The lowest BCUT2D eigenvalue weighted by Crippen LogP contribution is -3.11. The van der Waals surface area contributed by atoms with Gasteiger partial charge in [0.2, 0.25) is 0 Å². The number of hydrazine groups is 1. The van der Waals surface area contributed by atoms with Crippen molar-refractivity contribution in [3.05, 3.63) is 30.3 Å². The van der Waals surface area contributed by atoms with Crippen LogP contribution in [0.2, 0.25) is 0 Å². The van der Waals surface area contributed by atoms with Crippen LogP contribution in [0.3, 0.4) is 0 Å². The van der Waals surface area contributed by atoms with Gasteiger partial charge in [-0.1, -0.05) is 37.5 Å². The van der Waals surface area contributed by atoms with E-state index in [1.165, 1.54) is 0 Å². The number of amides is 4. The highest BCUT2D eigenvalue weighted by Gasteiger charge is 2.52.